The lowest BCUT2D eigenvalue weighted by molar-refractivity contribution is 0.207. The number of amides is 2. The quantitative estimate of drug-likeness (QED) is 0.815. The summed E-state index contributed by atoms with van der Waals surface area (Å²) in [4.78, 5) is 37.3. The summed E-state index contributed by atoms with van der Waals surface area (Å²) in [5, 5.41) is 6.96. The van der Waals surface area contributed by atoms with E-state index >= 15 is 0 Å². The van der Waals surface area contributed by atoms with Crippen LogP contribution in [0, 0.1) is 6.92 Å². The summed E-state index contributed by atoms with van der Waals surface area (Å²) in [6.45, 7) is 3.93. The Balaban J connectivity index is 1.59. The van der Waals surface area contributed by atoms with Gasteiger partial charge in [-0.2, -0.15) is 0 Å². The fourth-order valence-corrected chi connectivity index (χ4v) is 3.92. The minimum Gasteiger partial charge on any atom is -0.348 e. The maximum Gasteiger partial charge on any atom is 0.321 e. The van der Waals surface area contributed by atoms with Gasteiger partial charge < -0.3 is 15.1 Å². The fourth-order valence-electron chi connectivity index (χ4n) is 3.14. The highest BCUT2D eigenvalue weighted by molar-refractivity contribution is 7.08. The van der Waals surface area contributed by atoms with Crippen molar-refractivity contribution < 1.29 is 4.79 Å². The Kier molecular flexibility index (Phi) is 5.81. The van der Waals surface area contributed by atoms with Crippen LogP contribution in [0.25, 0.3) is 0 Å². The van der Waals surface area contributed by atoms with Gasteiger partial charge in [0, 0.05) is 51.2 Å². The first-order valence-electron chi connectivity index (χ1n) is 8.90. The number of likely N-dealkylation sites (tertiary alicyclic amines) is 1. The van der Waals surface area contributed by atoms with Crippen LogP contribution in [0.3, 0.4) is 0 Å². The number of aromatic amines is 1. The van der Waals surface area contributed by atoms with Crippen molar-refractivity contribution in [2.45, 2.75) is 25.9 Å². The maximum absolute atomic E-state index is 12.5. The van der Waals surface area contributed by atoms with E-state index in [1.807, 2.05) is 43.7 Å². The van der Waals surface area contributed by atoms with E-state index in [0.29, 0.717) is 19.0 Å². The van der Waals surface area contributed by atoms with Crippen molar-refractivity contribution in [1.29, 1.82) is 0 Å². The third-order valence-electron chi connectivity index (χ3n) is 4.79. The molecule has 1 atom stereocenters. The first kappa shape index (κ1) is 19.4. The lowest BCUT2D eigenvalue weighted by Gasteiger charge is -2.24. The molecule has 1 aliphatic rings. The van der Waals surface area contributed by atoms with Crippen molar-refractivity contribution in [3.8, 4) is 0 Å². The van der Waals surface area contributed by atoms with Crippen molar-refractivity contribution >= 4 is 29.0 Å². The van der Waals surface area contributed by atoms with Crippen molar-refractivity contribution in [1.82, 2.24) is 19.8 Å². The standard InChI is InChI=1S/C18H26N6O2S/c1-12-10-27-11-15(12)20-18(26)24-6-5-14(9-24)23(4)8-13-7-16(25)21-17(19-13)22(2)3/h7,10-11,14H,5-6,8-9H2,1-4H3,(H,20,26)(H,19,21,25)/t14-/m0/s1. The molecule has 0 saturated carbocycles. The number of carbonyl (C=O) groups is 1. The lowest BCUT2D eigenvalue weighted by atomic mass is 10.2. The van der Waals surface area contributed by atoms with Gasteiger partial charge in [-0.15, -0.1) is 11.3 Å². The largest absolute Gasteiger partial charge is 0.348 e. The molecule has 3 heterocycles. The van der Waals surface area contributed by atoms with Crippen molar-refractivity contribution in [3.63, 3.8) is 0 Å². The zero-order chi connectivity index (χ0) is 19.6. The molecule has 0 unspecified atom stereocenters. The number of nitrogens with one attached hydrogen (secondary N) is 2. The smallest absolute Gasteiger partial charge is 0.321 e. The van der Waals surface area contributed by atoms with Crippen LogP contribution >= 0.6 is 11.3 Å². The van der Waals surface area contributed by atoms with Crippen LogP contribution < -0.4 is 15.8 Å². The molecule has 0 bridgehead atoms. The predicted molar refractivity (Wildman–Crippen MR) is 109 cm³/mol. The average Bonchev–Trinajstić information content (AvgIpc) is 3.24. The van der Waals surface area contributed by atoms with E-state index in [9.17, 15) is 9.59 Å². The molecule has 8 nitrogen and oxygen atoms in total. The van der Waals surface area contributed by atoms with E-state index in [-0.39, 0.29) is 17.6 Å². The normalized spacial score (nSPS) is 16.8. The minimum absolute atomic E-state index is 0.0587. The van der Waals surface area contributed by atoms with Crippen LogP contribution in [0.5, 0.6) is 0 Å². The highest BCUT2D eigenvalue weighted by Crippen LogP contribution is 2.22. The summed E-state index contributed by atoms with van der Waals surface area (Å²) >= 11 is 1.58. The topological polar surface area (TPSA) is 84.6 Å². The number of aryl methyl sites for hydroxylation is 1. The predicted octanol–water partition coefficient (Wildman–Crippen LogP) is 1.94. The SMILES string of the molecule is Cc1cscc1NC(=O)N1CC[C@H](N(C)Cc2cc(=O)[nH]c(N(C)C)n2)C1. The fraction of sp³-hybridized carbons (Fsp3) is 0.500. The second-order valence-electron chi connectivity index (χ2n) is 7.16. The van der Waals surface area contributed by atoms with Crippen molar-refractivity contribution in [2.75, 3.05) is 44.4 Å². The number of urea groups is 1. The van der Waals surface area contributed by atoms with E-state index in [0.717, 1.165) is 29.9 Å². The molecule has 2 aromatic heterocycles. The molecule has 146 valence electrons. The molecule has 0 radical (unpaired) electrons. The highest BCUT2D eigenvalue weighted by atomic mass is 32.1. The van der Waals surface area contributed by atoms with Crippen LogP contribution in [-0.2, 0) is 6.54 Å². The van der Waals surface area contributed by atoms with E-state index in [4.69, 9.17) is 0 Å². The van der Waals surface area contributed by atoms with Gasteiger partial charge in [0.15, 0.2) is 0 Å². The highest BCUT2D eigenvalue weighted by Gasteiger charge is 2.29. The Morgan fingerprint density at radius 1 is 1.41 bits per heavy atom. The number of carbonyl (C=O) groups excluding carboxylic acids is 1. The molecule has 2 N–H and O–H groups in total. The van der Waals surface area contributed by atoms with Crippen LogP contribution in [0.1, 0.15) is 17.7 Å². The van der Waals surface area contributed by atoms with Gasteiger partial charge in [-0.3, -0.25) is 14.7 Å². The van der Waals surface area contributed by atoms with Gasteiger partial charge in [-0.1, -0.05) is 0 Å². The molecule has 27 heavy (non-hydrogen) atoms. The summed E-state index contributed by atoms with van der Waals surface area (Å²) in [7, 11) is 5.69. The molecule has 1 saturated heterocycles. The summed E-state index contributed by atoms with van der Waals surface area (Å²) < 4.78 is 0. The molecule has 2 aromatic rings. The number of anilines is 2. The number of nitrogens with zero attached hydrogens (tertiary/aromatic N) is 4. The van der Waals surface area contributed by atoms with Gasteiger partial charge in [-0.05, 0) is 31.3 Å². The zero-order valence-electron chi connectivity index (χ0n) is 16.2. The summed E-state index contributed by atoms with van der Waals surface area (Å²) in [5.41, 5.74) is 2.53. The second-order valence-corrected chi connectivity index (χ2v) is 7.90. The molecular weight excluding hydrogens is 364 g/mol. The van der Waals surface area contributed by atoms with E-state index < -0.39 is 0 Å². The molecule has 0 aliphatic carbocycles. The van der Waals surface area contributed by atoms with Crippen LogP contribution in [-0.4, -0.2) is 66.1 Å². The maximum atomic E-state index is 12.5. The molecule has 0 spiro atoms. The first-order valence-corrected chi connectivity index (χ1v) is 9.84. The Morgan fingerprint density at radius 3 is 2.85 bits per heavy atom. The lowest BCUT2D eigenvalue weighted by Crippen LogP contribution is -2.38. The van der Waals surface area contributed by atoms with Crippen molar-refractivity contribution in [2.24, 2.45) is 0 Å². The van der Waals surface area contributed by atoms with Crippen LogP contribution in [0.2, 0.25) is 0 Å². The summed E-state index contributed by atoms with van der Waals surface area (Å²) in [6, 6.07) is 1.71. The Hall–Kier alpha value is -2.39. The third-order valence-corrected chi connectivity index (χ3v) is 5.65. The van der Waals surface area contributed by atoms with Gasteiger partial charge in [0.05, 0.1) is 11.4 Å². The second kappa shape index (κ2) is 8.10. The van der Waals surface area contributed by atoms with E-state index in [1.54, 1.807) is 16.2 Å². The zero-order valence-corrected chi connectivity index (χ0v) is 17.0. The molecule has 3 rings (SSSR count). The Labute approximate surface area is 162 Å². The number of likely N-dealkylation sites (N-methyl/N-ethyl adjacent to an activating group) is 1. The van der Waals surface area contributed by atoms with Gasteiger partial charge >= 0.3 is 6.03 Å². The Morgan fingerprint density at radius 2 is 2.19 bits per heavy atom. The van der Waals surface area contributed by atoms with Crippen LogP contribution in [0.4, 0.5) is 16.4 Å². The van der Waals surface area contributed by atoms with Gasteiger partial charge in [0.25, 0.3) is 5.56 Å². The van der Waals surface area contributed by atoms with Gasteiger partial charge in [0.1, 0.15) is 0 Å². The summed E-state index contributed by atoms with van der Waals surface area (Å²) in [6.07, 6.45) is 0.899. The molecule has 1 aliphatic heterocycles. The van der Waals surface area contributed by atoms with Gasteiger partial charge in [-0.25, -0.2) is 9.78 Å². The number of hydrogen-bond acceptors (Lipinski definition) is 6. The molecule has 9 heteroatoms. The number of aromatic nitrogens is 2. The molecule has 0 aromatic carbocycles. The average molecular weight is 391 g/mol. The number of thiophene rings is 1. The molecule has 2 amide bonds. The molecular formula is C18H26N6O2S. The number of H-pyrrole nitrogens is 1. The monoisotopic (exact) mass is 390 g/mol. The minimum atomic E-state index is -0.157. The molecule has 1 fully saturated rings. The van der Waals surface area contributed by atoms with Crippen molar-refractivity contribution in [3.05, 3.63) is 38.4 Å². The summed E-state index contributed by atoms with van der Waals surface area (Å²) in [5.74, 6) is 0.546. The van der Waals surface area contributed by atoms with E-state index in [2.05, 4.69) is 20.2 Å². The Bertz CT molecular complexity index is 862. The number of hydrogen-bond donors (Lipinski definition) is 2. The van der Waals surface area contributed by atoms with E-state index in [1.165, 1.54) is 6.07 Å². The van der Waals surface area contributed by atoms with Gasteiger partial charge in [0.2, 0.25) is 5.95 Å². The first-order chi connectivity index (χ1) is 12.8. The van der Waals surface area contributed by atoms with Crippen LogP contribution in [0.15, 0.2) is 21.6 Å². The third kappa shape index (κ3) is 4.67. The number of rotatable bonds is 5.